The zero-order chi connectivity index (χ0) is 12.1. The van der Waals surface area contributed by atoms with Crippen molar-refractivity contribution in [1.29, 1.82) is 0 Å². The van der Waals surface area contributed by atoms with E-state index in [1.807, 2.05) is 4.90 Å². The van der Waals surface area contributed by atoms with Gasteiger partial charge in [-0.15, -0.1) is 0 Å². The van der Waals surface area contributed by atoms with E-state index in [0.717, 1.165) is 32.1 Å². The number of unbranched alkanes of at least 4 members (excludes halogenated alkanes) is 1. The van der Waals surface area contributed by atoms with E-state index in [-0.39, 0.29) is 11.9 Å². The maximum Gasteiger partial charge on any atom is 0.239 e. The van der Waals surface area contributed by atoms with Crippen molar-refractivity contribution in [1.82, 2.24) is 4.90 Å². The molecule has 1 aliphatic rings. The fourth-order valence-corrected chi connectivity index (χ4v) is 2.59. The first-order chi connectivity index (χ1) is 7.57. The van der Waals surface area contributed by atoms with Crippen LogP contribution in [0.1, 0.15) is 59.3 Å². The van der Waals surface area contributed by atoms with E-state index in [0.29, 0.717) is 12.1 Å². The van der Waals surface area contributed by atoms with Crippen molar-refractivity contribution in [2.75, 3.05) is 0 Å². The Morgan fingerprint density at radius 3 is 2.44 bits per heavy atom. The molecule has 0 unspecified atom stereocenters. The lowest BCUT2D eigenvalue weighted by molar-refractivity contribution is -0.138. The summed E-state index contributed by atoms with van der Waals surface area (Å²) >= 11 is 0. The highest BCUT2D eigenvalue weighted by atomic mass is 16.2. The predicted molar refractivity (Wildman–Crippen MR) is 67.1 cm³/mol. The molecule has 1 amide bonds. The van der Waals surface area contributed by atoms with Crippen LogP contribution in [0.4, 0.5) is 0 Å². The fourth-order valence-electron chi connectivity index (χ4n) is 2.59. The second kappa shape index (κ2) is 6.24. The van der Waals surface area contributed by atoms with Crippen molar-refractivity contribution in [2.45, 2.75) is 77.4 Å². The minimum atomic E-state index is -0.289. The largest absolute Gasteiger partial charge is 0.336 e. The van der Waals surface area contributed by atoms with Gasteiger partial charge in [0.15, 0.2) is 0 Å². The van der Waals surface area contributed by atoms with Crippen LogP contribution in [0.2, 0.25) is 0 Å². The summed E-state index contributed by atoms with van der Waals surface area (Å²) in [5, 5.41) is 0. The first kappa shape index (κ1) is 13.5. The maximum absolute atomic E-state index is 12.2. The van der Waals surface area contributed by atoms with Gasteiger partial charge in [-0.05, 0) is 39.5 Å². The Kier molecular flexibility index (Phi) is 5.26. The van der Waals surface area contributed by atoms with Crippen molar-refractivity contribution in [2.24, 2.45) is 5.73 Å². The first-order valence-corrected chi connectivity index (χ1v) is 6.65. The van der Waals surface area contributed by atoms with Crippen LogP contribution in [0, 0.1) is 0 Å². The Morgan fingerprint density at radius 2 is 1.94 bits per heavy atom. The molecule has 3 heteroatoms. The number of nitrogens with zero attached hydrogens (tertiary/aromatic N) is 1. The van der Waals surface area contributed by atoms with Crippen LogP contribution in [0.25, 0.3) is 0 Å². The Bertz CT molecular complexity index is 220. The molecule has 94 valence electrons. The van der Waals surface area contributed by atoms with Gasteiger partial charge in [-0.3, -0.25) is 4.79 Å². The predicted octanol–water partition coefficient (Wildman–Crippen LogP) is 2.29. The van der Waals surface area contributed by atoms with Gasteiger partial charge in [0.05, 0.1) is 6.04 Å². The van der Waals surface area contributed by atoms with E-state index in [9.17, 15) is 4.79 Å². The maximum atomic E-state index is 12.2. The number of hydrogen-bond donors (Lipinski definition) is 1. The molecule has 3 nitrogen and oxygen atoms in total. The molecule has 0 aromatic heterocycles. The minimum Gasteiger partial charge on any atom is -0.336 e. The molecule has 0 radical (unpaired) electrons. The van der Waals surface area contributed by atoms with Crippen LogP contribution in [0.15, 0.2) is 0 Å². The molecule has 1 aliphatic heterocycles. The lowest BCUT2D eigenvalue weighted by Gasteiger charge is -2.40. The number of carbonyl (C=O) groups is 1. The van der Waals surface area contributed by atoms with E-state index in [2.05, 4.69) is 20.8 Å². The standard InChI is InChI=1S/C13H26N2O/c1-4-5-9-12(14)13(16)15-10(2)7-6-8-11(15)3/h10-12H,4-9,14H2,1-3H3/t10-,11+,12-/m0/s1. The van der Waals surface area contributed by atoms with E-state index in [1.165, 1.54) is 6.42 Å². The second-order valence-corrected chi connectivity index (χ2v) is 5.12. The molecule has 0 bridgehead atoms. The monoisotopic (exact) mass is 226 g/mol. The van der Waals surface area contributed by atoms with Crippen LogP contribution in [0.3, 0.4) is 0 Å². The number of carbonyl (C=O) groups excluding carboxylic acids is 1. The summed E-state index contributed by atoms with van der Waals surface area (Å²) in [4.78, 5) is 14.2. The normalized spacial score (nSPS) is 27.9. The van der Waals surface area contributed by atoms with Gasteiger partial charge < -0.3 is 10.6 Å². The summed E-state index contributed by atoms with van der Waals surface area (Å²) in [6.45, 7) is 6.41. The van der Waals surface area contributed by atoms with Crippen LogP contribution >= 0.6 is 0 Å². The molecule has 2 N–H and O–H groups in total. The number of rotatable bonds is 4. The molecular formula is C13H26N2O. The molecule has 0 spiro atoms. The Balaban J connectivity index is 2.56. The average molecular weight is 226 g/mol. The molecule has 1 fully saturated rings. The highest BCUT2D eigenvalue weighted by Crippen LogP contribution is 2.23. The minimum absolute atomic E-state index is 0.160. The second-order valence-electron chi connectivity index (χ2n) is 5.12. The number of likely N-dealkylation sites (tertiary alicyclic amines) is 1. The van der Waals surface area contributed by atoms with Crippen LogP contribution in [-0.2, 0) is 4.79 Å². The van der Waals surface area contributed by atoms with E-state index < -0.39 is 0 Å². The van der Waals surface area contributed by atoms with Gasteiger partial charge in [0, 0.05) is 12.1 Å². The van der Waals surface area contributed by atoms with Gasteiger partial charge >= 0.3 is 0 Å². The van der Waals surface area contributed by atoms with Crippen LogP contribution < -0.4 is 5.73 Å². The molecule has 1 saturated heterocycles. The summed E-state index contributed by atoms with van der Waals surface area (Å²) in [5.74, 6) is 0.160. The third-order valence-corrected chi connectivity index (χ3v) is 3.63. The Labute approximate surface area is 99.4 Å². The van der Waals surface area contributed by atoms with Crippen molar-refractivity contribution in [3.05, 3.63) is 0 Å². The summed E-state index contributed by atoms with van der Waals surface area (Å²) in [7, 11) is 0. The Morgan fingerprint density at radius 1 is 1.38 bits per heavy atom. The lowest BCUT2D eigenvalue weighted by atomic mass is 9.96. The molecule has 16 heavy (non-hydrogen) atoms. The summed E-state index contributed by atoms with van der Waals surface area (Å²) < 4.78 is 0. The molecule has 0 aromatic carbocycles. The van der Waals surface area contributed by atoms with Gasteiger partial charge in [-0.1, -0.05) is 19.8 Å². The third kappa shape index (κ3) is 3.21. The molecule has 0 aromatic rings. The molecule has 0 aliphatic carbocycles. The van der Waals surface area contributed by atoms with Crippen LogP contribution in [-0.4, -0.2) is 28.9 Å². The van der Waals surface area contributed by atoms with E-state index in [4.69, 9.17) is 5.73 Å². The van der Waals surface area contributed by atoms with Gasteiger partial charge in [0.25, 0.3) is 0 Å². The molecular weight excluding hydrogens is 200 g/mol. The highest BCUT2D eigenvalue weighted by molar-refractivity contribution is 5.82. The number of amides is 1. The summed E-state index contributed by atoms with van der Waals surface area (Å²) in [6, 6.07) is 0.441. The first-order valence-electron chi connectivity index (χ1n) is 6.65. The third-order valence-electron chi connectivity index (χ3n) is 3.63. The van der Waals surface area contributed by atoms with Gasteiger partial charge in [-0.2, -0.15) is 0 Å². The number of nitrogens with two attached hydrogens (primary N) is 1. The van der Waals surface area contributed by atoms with Crippen LogP contribution in [0.5, 0.6) is 0 Å². The zero-order valence-electron chi connectivity index (χ0n) is 10.9. The molecule has 3 atom stereocenters. The Hall–Kier alpha value is -0.570. The molecule has 1 rings (SSSR count). The van der Waals surface area contributed by atoms with Crippen molar-refractivity contribution >= 4 is 5.91 Å². The number of hydrogen-bond acceptors (Lipinski definition) is 2. The van der Waals surface area contributed by atoms with Crippen molar-refractivity contribution < 1.29 is 4.79 Å². The quantitative estimate of drug-likeness (QED) is 0.799. The van der Waals surface area contributed by atoms with Gasteiger partial charge in [-0.25, -0.2) is 0 Å². The highest BCUT2D eigenvalue weighted by Gasteiger charge is 2.31. The molecule has 0 saturated carbocycles. The lowest BCUT2D eigenvalue weighted by Crippen LogP contribution is -2.53. The summed E-state index contributed by atoms with van der Waals surface area (Å²) in [5.41, 5.74) is 5.97. The summed E-state index contributed by atoms with van der Waals surface area (Å²) in [6.07, 6.45) is 6.45. The van der Waals surface area contributed by atoms with Crippen molar-refractivity contribution in [3.8, 4) is 0 Å². The van der Waals surface area contributed by atoms with Gasteiger partial charge in [0.2, 0.25) is 5.91 Å². The van der Waals surface area contributed by atoms with E-state index in [1.54, 1.807) is 0 Å². The average Bonchev–Trinajstić information content (AvgIpc) is 2.25. The van der Waals surface area contributed by atoms with Crippen molar-refractivity contribution in [3.63, 3.8) is 0 Å². The fraction of sp³-hybridized carbons (Fsp3) is 0.923. The van der Waals surface area contributed by atoms with Gasteiger partial charge in [0.1, 0.15) is 0 Å². The van der Waals surface area contributed by atoms with E-state index >= 15 is 0 Å². The smallest absolute Gasteiger partial charge is 0.239 e. The SMILES string of the molecule is CCCC[C@H](N)C(=O)N1[C@H](C)CCC[C@@H]1C. The zero-order valence-corrected chi connectivity index (χ0v) is 10.9. The molecule has 1 heterocycles. The topological polar surface area (TPSA) is 46.3 Å². The number of piperidine rings is 1.